The van der Waals surface area contributed by atoms with Crippen LogP contribution in [-0.4, -0.2) is 6.61 Å². The van der Waals surface area contributed by atoms with Crippen LogP contribution < -0.4 is 33.3 Å². The number of pyridine rings is 1. The number of rotatable bonds is 8. The second-order valence-corrected chi connectivity index (χ2v) is 7.98. The number of benzene rings is 3. The average Bonchev–Trinajstić information content (AvgIpc) is 2.84. The van der Waals surface area contributed by atoms with E-state index in [-0.39, 0.29) is 24.0 Å². The standard InChI is InChI=1S/C30H30NO.HI/c1-3-4-21-32-29-19-16-24(17-20-29)15-18-27-22-28(25-11-7-5-8-12-25)23-31(2)30(27)26-13-9-6-10-14-26;/h5-20,22-23H,3-4,21H2,1-2H3;1H/q+1;/p-1/b18-15+;. The van der Waals surface area contributed by atoms with Gasteiger partial charge in [0, 0.05) is 16.7 Å². The summed E-state index contributed by atoms with van der Waals surface area (Å²) in [6.45, 7) is 2.95. The van der Waals surface area contributed by atoms with Crippen molar-refractivity contribution in [3.05, 3.63) is 108 Å². The molecular weight excluding hydrogens is 517 g/mol. The van der Waals surface area contributed by atoms with Crippen LogP contribution >= 0.6 is 0 Å². The van der Waals surface area contributed by atoms with E-state index in [0.29, 0.717) is 0 Å². The molecule has 1 heterocycles. The molecule has 0 bridgehead atoms. The van der Waals surface area contributed by atoms with Gasteiger partial charge in [0.2, 0.25) is 5.69 Å². The molecule has 3 heteroatoms. The van der Waals surface area contributed by atoms with Crippen LogP contribution in [-0.2, 0) is 7.05 Å². The summed E-state index contributed by atoms with van der Waals surface area (Å²) in [6, 6.07) is 31.7. The van der Waals surface area contributed by atoms with Gasteiger partial charge < -0.3 is 28.7 Å². The van der Waals surface area contributed by atoms with E-state index in [0.717, 1.165) is 30.8 Å². The number of hydrogen-bond acceptors (Lipinski definition) is 1. The lowest BCUT2D eigenvalue weighted by Gasteiger charge is -2.09. The van der Waals surface area contributed by atoms with Crippen molar-refractivity contribution in [2.24, 2.45) is 7.05 Å². The maximum atomic E-state index is 5.79. The van der Waals surface area contributed by atoms with Crippen LogP contribution in [0.2, 0.25) is 0 Å². The minimum absolute atomic E-state index is 0. The van der Waals surface area contributed by atoms with E-state index in [2.05, 4.69) is 116 Å². The summed E-state index contributed by atoms with van der Waals surface area (Å²) in [5.41, 5.74) is 7.15. The number of aromatic nitrogens is 1. The molecule has 4 rings (SSSR count). The van der Waals surface area contributed by atoms with Gasteiger partial charge in [-0.05, 0) is 54.0 Å². The fraction of sp³-hybridized carbons (Fsp3) is 0.167. The molecule has 0 spiro atoms. The van der Waals surface area contributed by atoms with Crippen LogP contribution in [0.4, 0.5) is 0 Å². The van der Waals surface area contributed by atoms with E-state index in [1.165, 1.54) is 27.9 Å². The Morgan fingerprint density at radius 3 is 2.03 bits per heavy atom. The lowest BCUT2D eigenvalue weighted by Crippen LogP contribution is -3.00. The second-order valence-electron chi connectivity index (χ2n) is 7.98. The van der Waals surface area contributed by atoms with Gasteiger partial charge in [-0.25, -0.2) is 0 Å². The van der Waals surface area contributed by atoms with Crippen molar-refractivity contribution in [2.45, 2.75) is 19.8 Å². The van der Waals surface area contributed by atoms with Crippen LogP contribution in [0, 0.1) is 0 Å². The molecule has 168 valence electrons. The molecule has 0 fully saturated rings. The highest BCUT2D eigenvalue weighted by Crippen LogP contribution is 2.27. The first kappa shape index (κ1) is 24.7. The van der Waals surface area contributed by atoms with Crippen molar-refractivity contribution in [1.29, 1.82) is 0 Å². The van der Waals surface area contributed by atoms with Crippen molar-refractivity contribution >= 4 is 12.2 Å². The number of hydrogen-bond donors (Lipinski definition) is 0. The van der Waals surface area contributed by atoms with Crippen molar-refractivity contribution in [2.75, 3.05) is 6.61 Å². The van der Waals surface area contributed by atoms with Gasteiger partial charge in [0.25, 0.3) is 0 Å². The molecule has 4 aromatic rings. The molecule has 0 unspecified atom stereocenters. The average molecular weight is 547 g/mol. The first-order valence-corrected chi connectivity index (χ1v) is 11.3. The summed E-state index contributed by atoms with van der Waals surface area (Å²) >= 11 is 0. The molecule has 2 nitrogen and oxygen atoms in total. The normalized spacial score (nSPS) is 10.7. The van der Waals surface area contributed by atoms with Gasteiger partial charge in [-0.2, -0.15) is 4.57 Å². The van der Waals surface area contributed by atoms with Crippen molar-refractivity contribution in [3.8, 4) is 28.1 Å². The number of aryl methyl sites for hydroxylation is 1. The molecular formula is C30H30INO. The predicted octanol–water partition coefficient (Wildman–Crippen LogP) is 4.20. The molecule has 1 aromatic heterocycles. The van der Waals surface area contributed by atoms with Crippen LogP contribution in [0.3, 0.4) is 0 Å². The minimum atomic E-state index is 0. The van der Waals surface area contributed by atoms with E-state index in [1.807, 2.05) is 12.1 Å². The van der Waals surface area contributed by atoms with Crippen LogP contribution in [0.5, 0.6) is 5.75 Å². The van der Waals surface area contributed by atoms with Crippen molar-refractivity contribution < 1.29 is 33.3 Å². The maximum absolute atomic E-state index is 5.79. The molecule has 0 N–H and O–H groups in total. The fourth-order valence-corrected chi connectivity index (χ4v) is 3.83. The third-order valence-electron chi connectivity index (χ3n) is 5.53. The molecule has 0 aliphatic carbocycles. The third-order valence-corrected chi connectivity index (χ3v) is 5.53. The molecule has 0 saturated heterocycles. The fourth-order valence-electron chi connectivity index (χ4n) is 3.83. The van der Waals surface area contributed by atoms with Gasteiger partial charge in [-0.1, -0.05) is 80.1 Å². The zero-order chi connectivity index (χ0) is 22.2. The lowest BCUT2D eigenvalue weighted by molar-refractivity contribution is -0.660. The zero-order valence-electron chi connectivity index (χ0n) is 19.2. The molecule has 0 radical (unpaired) electrons. The van der Waals surface area contributed by atoms with Gasteiger partial charge >= 0.3 is 0 Å². The summed E-state index contributed by atoms with van der Waals surface area (Å²) in [6.07, 6.45) is 8.81. The number of unbranched alkanes of at least 4 members (excludes halogenated alkanes) is 1. The van der Waals surface area contributed by atoms with Gasteiger partial charge in [-0.15, -0.1) is 0 Å². The van der Waals surface area contributed by atoms with E-state index in [4.69, 9.17) is 4.74 Å². The summed E-state index contributed by atoms with van der Waals surface area (Å²) in [7, 11) is 2.12. The highest BCUT2D eigenvalue weighted by atomic mass is 127. The van der Waals surface area contributed by atoms with E-state index < -0.39 is 0 Å². The van der Waals surface area contributed by atoms with Crippen LogP contribution in [0.25, 0.3) is 34.5 Å². The molecule has 33 heavy (non-hydrogen) atoms. The Balaban J connectivity index is 0.00000306. The topological polar surface area (TPSA) is 13.1 Å². The number of nitrogens with zero attached hydrogens (tertiary/aromatic N) is 1. The summed E-state index contributed by atoms with van der Waals surface area (Å²) < 4.78 is 8.02. The van der Waals surface area contributed by atoms with E-state index in [9.17, 15) is 0 Å². The van der Waals surface area contributed by atoms with E-state index in [1.54, 1.807) is 0 Å². The van der Waals surface area contributed by atoms with Gasteiger partial charge in [-0.3, -0.25) is 0 Å². The van der Waals surface area contributed by atoms with Gasteiger partial charge in [0.1, 0.15) is 12.8 Å². The second kappa shape index (κ2) is 12.4. The number of halogens is 1. The predicted molar refractivity (Wildman–Crippen MR) is 134 cm³/mol. The zero-order valence-corrected chi connectivity index (χ0v) is 21.4. The van der Waals surface area contributed by atoms with Gasteiger partial charge in [0.15, 0.2) is 6.20 Å². The Bertz CT molecular complexity index is 1170. The molecule has 0 saturated carbocycles. The van der Waals surface area contributed by atoms with Crippen molar-refractivity contribution in [3.63, 3.8) is 0 Å². The molecule has 0 aliphatic heterocycles. The lowest BCUT2D eigenvalue weighted by atomic mass is 9.99. The summed E-state index contributed by atoms with van der Waals surface area (Å²) in [4.78, 5) is 0. The van der Waals surface area contributed by atoms with E-state index >= 15 is 0 Å². The Hall–Kier alpha value is -2.92. The Labute approximate surface area is 214 Å². The molecule has 3 aromatic carbocycles. The summed E-state index contributed by atoms with van der Waals surface area (Å²) in [5.74, 6) is 0.929. The number of ether oxygens (including phenoxy) is 1. The van der Waals surface area contributed by atoms with Crippen molar-refractivity contribution in [1.82, 2.24) is 0 Å². The third kappa shape index (κ3) is 6.55. The van der Waals surface area contributed by atoms with Crippen LogP contribution in [0.15, 0.2) is 97.2 Å². The quantitative estimate of drug-likeness (QED) is 0.183. The Morgan fingerprint density at radius 1 is 0.758 bits per heavy atom. The first-order valence-electron chi connectivity index (χ1n) is 11.3. The largest absolute Gasteiger partial charge is 1.00 e. The Kier molecular flexibility index (Phi) is 9.25. The smallest absolute Gasteiger partial charge is 0.219 e. The highest BCUT2D eigenvalue weighted by molar-refractivity contribution is 5.80. The summed E-state index contributed by atoms with van der Waals surface area (Å²) in [5, 5.41) is 0. The van der Waals surface area contributed by atoms with Gasteiger partial charge in [0.05, 0.1) is 6.61 Å². The molecule has 0 amide bonds. The SMILES string of the molecule is CCCCOc1ccc(/C=C/c2cc(-c3ccccc3)c[n+](C)c2-c2ccccc2)cc1.[I-]. The first-order chi connectivity index (χ1) is 15.7. The molecule has 0 atom stereocenters. The monoisotopic (exact) mass is 547 g/mol. The maximum Gasteiger partial charge on any atom is 0.219 e. The van der Waals surface area contributed by atoms with Crippen LogP contribution in [0.1, 0.15) is 30.9 Å². The Morgan fingerprint density at radius 2 is 1.39 bits per heavy atom. The molecule has 0 aliphatic rings. The highest BCUT2D eigenvalue weighted by Gasteiger charge is 2.17. The minimum Gasteiger partial charge on any atom is -1.00 e.